The molecular weight excluding hydrogens is 284 g/mol. The third-order valence-electron chi connectivity index (χ3n) is 3.42. The highest BCUT2D eigenvalue weighted by atomic mass is 32.2. The number of aryl methyl sites for hydroxylation is 1. The van der Waals surface area contributed by atoms with Gasteiger partial charge in [-0.3, -0.25) is 0 Å². The number of hydrogen-bond donors (Lipinski definition) is 2. The van der Waals surface area contributed by atoms with Crippen molar-refractivity contribution in [1.82, 2.24) is 10.0 Å². The number of rotatable bonds is 9. The monoisotopic (exact) mass is 312 g/mol. The molecular formula is C16H28N2O2S. The van der Waals surface area contributed by atoms with Gasteiger partial charge in [0.1, 0.15) is 0 Å². The van der Waals surface area contributed by atoms with E-state index in [-0.39, 0.29) is 12.1 Å². The van der Waals surface area contributed by atoms with Gasteiger partial charge in [0.25, 0.3) is 0 Å². The van der Waals surface area contributed by atoms with Crippen molar-refractivity contribution in [2.24, 2.45) is 0 Å². The highest BCUT2D eigenvalue weighted by Crippen LogP contribution is 2.07. The standard InChI is InChI=1S/C16H28N2O2S/c1-13(2)17-12-15(4)21(19,20)18-14(3)10-11-16-8-6-5-7-9-16/h5-9,13-15,17-18H,10-12H2,1-4H3. The third-order valence-corrected chi connectivity index (χ3v) is 5.37. The van der Waals surface area contributed by atoms with E-state index in [1.165, 1.54) is 5.56 Å². The molecule has 21 heavy (non-hydrogen) atoms. The number of sulfonamides is 1. The molecule has 0 bridgehead atoms. The Morgan fingerprint density at radius 1 is 1.05 bits per heavy atom. The fraction of sp³-hybridized carbons (Fsp3) is 0.625. The maximum atomic E-state index is 12.2. The van der Waals surface area contributed by atoms with Crippen LogP contribution in [0.25, 0.3) is 0 Å². The lowest BCUT2D eigenvalue weighted by Gasteiger charge is -2.20. The second-order valence-corrected chi connectivity index (χ2v) is 8.09. The van der Waals surface area contributed by atoms with Crippen LogP contribution >= 0.6 is 0 Å². The van der Waals surface area contributed by atoms with Crippen LogP contribution in [0.15, 0.2) is 30.3 Å². The largest absolute Gasteiger partial charge is 0.313 e. The SMILES string of the molecule is CC(C)NCC(C)S(=O)(=O)NC(C)CCc1ccccc1. The Labute approximate surface area is 129 Å². The van der Waals surface area contributed by atoms with Crippen LogP contribution in [-0.2, 0) is 16.4 Å². The van der Waals surface area contributed by atoms with E-state index in [0.717, 1.165) is 12.8 Å². The molecule has 1 rings (SSSR count). The van der Waals surface area contributed by atoms with Crippen molar-refractivity contribution < 1.29 is 8.42 Å². The summed E-state index contributed by atoms with van der Waals surface area (Å²) < 4.78 is 27.2. The maximum Gasteiger partial charge on any atom is 0.215 e. The summed E-state index contributed by atoms with van der Waals surface area (Å²) >= 11 is 0. The van der Waals surface area contributed by atoms with E-state index in [1.807, 2.05) is 39.0 Å². The topological polar surface area (TPSA) is 58.2 Å². The highest BCUT2D eigenvalue weighted by molar-refractivity contribution is 7.90. The highest BCUT2D eigenvalue weighted by Gasteiger charge is 2.22. The molecule has 2 atom stereocenters. The lowest BCUT2D eigenvalue weighted by molar-refractivity contribution is 0.520. The molecule has 0 saturated heterocycles. The summed E-state index contributed by atoms with van der Waals surface area (Å²) in [7, 11) is -3.27. The van der Waals surface area contributed by atoms with Crippen LogP contribution in [0.2, 0.25) is 0 Å². The van der Waals surface area contributed by atoms with E-state index in [4.69, 9.17) is 0 Å². The molecule has 0 aliphatic rings. The first kappa shape index (κ1) is 18.1. The molecule has 0 radical (unpaired) electrons. The Balaban J connectivity index is 2.43. The molecule has 4 nitrogen and oxygen atoms in total. The number of benzene rings is 1. The van der Waals surface area contributed by atoms with Gasteiger partial charge in [-0.15, -0.1) is 0 Å². The maximum absolute atomic E-state index is 12.2. The predicted octanol–water partition coefficient (Wildman–Crippen LogP) is 2.31. The number of hydrogen-bond acceptors (Lipinski definition) is 3. The van der Waals surface area contributed by atoms with Crippen LogP contribution in [0.3, 0.4) is 0 Å². The van der Waals surface area contributed by atoms with Crippen molar-refractivity contribution in [3.63, 3.8) is 0 Å². The average Bonchev–Trinajstić information content (AvgIpc) is 2.43. The van der Waals surface area contributed by atoms with Crippen LogP contribution in [-0.4, -0.2) is 32.3 Å². The normalized spacial score (nSPS) is 15.1. The average molecular weight is 312 g/mol. The minimum absolute atomic E-state index is 0.0586. The molecule has 5 heteroatoms. The van der Waals surface area contributed by atoms with Crippen LogP contribution in [0, 0.1) is 0 Å². The van der Waals surface area contributed by atoms with E-state index in [1.54, 1.807) is 6.92 Å². The quantitative estimate of drug-likeness (QED) is 0.736. The Hall–Kier alpha value is -0.910. The van der Waals surface area contributed by atoms with Gasteiger partial charge in [0.2, 0.25) is 10.0 Å². The van der Waals surface area contributed by atoms with Crippen LogP contribution in [0.1, 0.15) is 39.7 Å². The first-order valence-corrected chi connectivity index (χ1v) is 9.14. The molecule has 0 spiro atoms. The van der Waals surface area contributed by atoms with Crippen molar-refractivity contribution in [3.8, 4) is 0 Å². The summed E-state index contributed by atoms with van der Waals surface area (Å²) in [6.07, 6.45) is 1.68. The van der Waals surface area contributed by atoms with Crippen LogP contribution in [0.5, 0.6) is 0 Å². The fourth-order valence-electron chi connectivity index (χ4n) is 1.99. The molecule has 0 amide bonds. The minimum atomic E-state index is -3.27. The van der Waals surface area contributed by atoms with E-state index >= 15 is 0 Å². The van der Waals surface area contributed by atoms with Gasteiger partial charge >= 0.3 is 0 Å². The van der Waals surface area contributed by atoms with Gasteiger partial charge in [0, 0.05) is 18.6 Å². The summed E-state index contributed by atoms with van der Waals surface area (Å²) in [4.78, 5) is 0. The van der Waals surface area contributed by atoms with Crippen LogP contribution < -0.4 is 10.0 Å². The molecule has 120 valence electrons. The molecule has 1 aromatic carbocycles. The van der Waals surface area contributed by atoms with Crippen LogP contribution in [0.4, 0.5) is 0 Å². The van der Waals surface area contributed by atoms with E-state index in [2.05, 4.69) is 22.2 Å². The second kappa shape index (κ2) is 8.51. The zero-order valence-corrected chi connectivity index (χ0v) is 14.3. The smallest absolute Gasteiger partial charge is 0.215 e. The summed E-state index contributed by atoms with van der Waals surface area (Å²) in [6.45, 7) is 8.15. The Morgan fingerprint density at radius 2 is 1.67 bits per heavy atom. The predicted molar refractivity (Wildman–Crippen MR) is 88.9 cm³/mol. The lowest BCUT2D eigenvalue weighted by atomic mass is 10.1. The summed E-state index contributed by atoms with van der Waals surface area (Å²) in [5.41, 5.74) is 1.23. The van der Waals surface area contributed by atoms with Crippen molar-refractivity contribution >= 4 is 10.0 Å². The molecule has 2 N–H and O–H groups in total. The third kappa shape index (κ3) is 7.07. The molecule has 2 unspecified atom stereocenters. The summed E-state index contributed by atoms with van der Waals surface area (Å²) in [5, 5.41) is 2.73. The lowest BCUT2D eigenvalue weighted by Crippen LogP contribution is -2.43. The first-order chi connectivity index (χ1) is 9.81. The zero-order valence-electron chi connectivity index (χ0n) is 13.5. The van der Waals surface area contributed by atoms with E-state index in [0.29, 0.717) is 6.54 Å². The molecule has 0 heterocycles. The van der Waals surface area contributed by atoms with Crippen molar-refractivity contribution in [1.29, 1.82) is 0 Å². The molecule has 0 aromatic heterocycles. The van der Waals surface area contributed by atoms with Crippen molar-refractivity contribution in [2.45, 2.75) is 57.9 Å². The minimum Gasteiger partial charge on any atom is -0.313 e. The molecule has 0 fully saturated rings. The zero-order chi connectivity index (χ0) is 15.9. The van der Waals surface area contributed by atoms with Gasteiger partial charge in [-0.2, -0.15) is 0 Å². The van der Waals surface area contributed by atoms with Gasteiger partial charge in [0.15, 0.2) is 0 Å². The Bertz CT molecular complexity index is 500. The first-order valence-electron chi connectivity index (χ1n) is 7.59. The van der Waals surface area contributed by atoms with Gasteiger partial charge in [0.05, 0.1) is 5.25 Å². The molecule has 0 aliphatic heterocycles. The van der Waals surface area contributed by atoms with Crippen molar-refractivity contribution in [2.75, 3.05) is 6.54 Å². The Kier molecular flexibility index (Phi) is 7.35. The molecule has 0 saturated carbocycles. The summed E-state index contributed by atoms with van der Waals surface area (Å²) in [6, 6.07) is 10.4. The van der Waals surface area contributed by atoms with Gasteiger partial charge in [-0.1, -0.05) is 44.2 Å². The fourth-order valence-corrected chi connectivity index (χ4v) is 3.22. The van der Waals surface area contributed by atoms with Gasteiger partial charge < -0.3 is 5.32 Å². The second-order valence-electron chi connectivity index (χ2n) is 5.96. The van der Waals surface area contributed by atoms with Gasteiger partial charge in [-0.25, -0.2) is 13.1 Å². The number of nitrogens with one attached hydrogen (secondary N) is 2. The molecule has 1 aromatic rings. The summed E-state index contributed by atoms with van der Waals surface area (Å²) in [5.74, 6) is 0. The van der Waals surface area contributed by atoms with E-state index < -0.39 is 15.3 Å². The Morgan fingerprint density at radius 3 is 2.24 bits per heavy atom. The molecule has 0 aliphatic carbocycles. The van der Waals surface area contributed by atoms with Gasteiger partial charge in [-0.05, 0) is 32.3 Å². The van der Waals surface area contributed by atoms with Crippen molar-refractivity contribution in [3.05, 3.63) is 35.9 Å². The van der Waals surface area contributed by atoms with E-state index in [9.17, 15) is 8.42 Å².